The van der Waals surface area contributed by atoms with Crippen molar-refractivity contribution in [2.75, 3.05) is 0 Å². The smallest absolute Gasteiger partial charge is 0.348 e. The first-order valence-electron chi connectivity index (χ1n) is 8.49. The highest BCUT2D eigenvalue weighted by Crippen LogP contribution is 2.30. The Hall–Kier alpha value is -3.58. The summed E-state index contributed by atoms with van der Waals surface area (Å²) in [5.41, 5.74) is 2.57. The molecule has 0 amide bonds. The summed E-state index contributed by atoms with van der Waals surface area (Å²) in [5.74, 6) is -1.08. The van der Waals surface area contributed by atoms with Crippen molar-refractivity contribution in [3.63, 3.8) is 0 Å². The zero-order valence-corrected chi connectivity index (χ0v) is 15.7. The number of nitrogens with zero attached hydrogens (tertiary/aromatic N) is 3. The van der Waals surface area contributed by atoms with E-state index in [1.807, 2.05) is 24.3 Å². The number of carboxylic acids is 1. The summed E-state index contributed by atoms with van der Waals surface area (Å²) in [5, 5.41) is 9.66. The molecule has 0 aliphatic carbocycles. The maximum atomic E-state index is 13.1. The highest BCUT2D eigenvalue weighted by atomic mass is 32.1. The van der Waals surface area contributed by atoms with Gasteiger partial charge in [0.2, 0.25) is 0 Å². The van der Waals surface area contributed by atoms with Gasteiger partial charge in [0.25, 0.3) is 5.56 Å². The summed E-state index contributed by atoms with van der Waals surface area (Å²) < 4.78 is 1.39. The molecule has 1 N–H and O–H groups in total. The first kappa shape index (κ1) is 17.8. The predicted molar refractivity (Wildman–Crippen MR) is 110 cm³/mol. The van der Waals surface area contributed by atoms with E-state index in [2.05, 4.69) is 9.97 Å². The van der Waals surface area contributed by atoms with Gasteiger partial charge in [0.15, 0.2) is 4.96 Å². The fraction of sp³-hybridized carbons (Fsp3) is 0.0476. The Morgan fingerprint density at radius 1 is 1.14 bits per heavy atom. The molecule has 0 atom stereocenters. The van der Waals surface area contributed by atoms with Crippen molar-refractivity contribution in [3.05, 3.63) is 86.9 Å². The van der Waals surface area contributed by atoms with Crippen molar-refractivity contribution in [2.45, 2.75) is 6.92 Å². The summed E-state index contributed by atoms with van der Waals surface area (Å²) in [6.45, 7) is 1.69. The van der Waals surface area contributed by atoms with Crippen LogP contribution in [0.2, 0.25) is 0 Å². The van der Waals surface area contributed by atoms with Gasteiger partial charge in [0.05, 0.1) is 11.4 Å². The maximum absolute atomic E-state index is 13.1. The van der Waals surface area contributed by atoms with Crippen LogP contribution in [0.3, 0.4) is 0 Å². The number of carbonyl (C=O) groups is 1. The molecule has 6 nitrogen and oxygen atoms in total. The summed E-state index contributed by atoms with van der Waals surface area (Å²) >= 11 is 0.992. The van der Waals surface area contributed by atoms with Crippen LogP contribution in [0.4, 0.5) is 0 Å². The Morgan fingerprint density at radius 2 is 1.93 bits per heavy atom. The molecule has 0 aliphatic rings. The fourth-order valence-corrected chi connectivity index (χ4v) is 3.91. The standard InChI is InChI=1S/C21H15N3O3S/c1-13-16(10-9-14-6-5-11-22-12-14)23-21-24(19(13)25)17(18(28-21)20(26)27)15-7-3-2-4-8-15/h2-12H,1H3,(H,26,27). The van der Waals surface area contributed by atoms with E-state index in [4.69, 9.17) is 0 Å². The molecule has 3 aromatic heterocycles. The molecule has 7 heteroatoms. The normalized spacial score (nSPS) is 11.3. The fourth-order valence-electron chi connectivity index (χ4n) is 2.92. The van der Waals surface area contributed by atoms with Gasteiger partial charge in [-0.2, -0.15) is 0 Å². The van der Waals surface area contributed by atoms with E-state index in [9.17, 15) is 14.7 Å². The van der Waals surface area contributed by atoms with Gasteiger partial charge in [-0.3, -0.25) is 9.78 Å². The number of aromatic nitrogens is 3. The Kier molecular flexibility index (Phi) is 4.58. The van der Waals surface area contributed by atoms with Crippen LogP contribution in [-0.2, 0) is 0 Å². The molecule has 138 valence electrons. The third kappa shape index (κ3) is 3.12. The van der Waals surface area contributed by atoms with Crippen LogP contribution in [0.25, 0.3) is 28.4 Å². The number of thiazole rings is 1. The van der Waals surface area contributed by atoms with Gasteiger partial charge in [-0.05, 0) is 24.6 Å². The number of benzene rings is 1. The lowest BCUT2D eigenvalue weighted by Crippen LogP contribution is -2.19. The number of hydrogen-bond acceptors (Lipinski definition) is 5. The lowest BCUT2D eigenvalue weighted by molar-refractivity contribution is 0.0702. The van der Waals surface area contributed by atoms with Crippen LogP contribution in [0, 0.1) is 6.92 Å². The van der Waals surface area contributed by atoms with Crippen molar-refractivity contribution >= 4 is 34.4 Å². The second kappa shape index (κ2) is 7.21. The molecule has 0 saturated carbocycles. The van der Waals surface area contributed by atoms with Crippen LogP contribution in [0.15, 0.2) is 59.7 Å². The number of rotatable bonds is 4. The van der Waals surface area contributed by atoms with Crippen LogP contribution < -0.4 is 5.56 Å². The van der Waals surface area contributed by atoms with Crippen molar-refractivity contribution < 1.29 is 9.90 Å². The Balaban J connectivity index is 1.94. The third-order valence-corrected chi connectivity index (χ3v) is 5.34. The average Bonchev–Trinajstić information content (AvgIpc) is 3.11. The van der Waals surface area contributed by atoms with E-state index in [1.165, 1.54) is 4.40 Å². The Bertz CT molecular complexity index is 1260. The highest BCUT2D eigenvalue weighted by Gasteiger charge is 2.22. The highest BCUT2D eigenvalue weighted by molar-refractivity contribution is 7.19. The lowest BCUT2D eigenvalue weighted by atomic mass is 10.1. The Labute approximate surface area is 164 Å². The van der Waals surface area contributed by atoms with Crippen molar-refractivity contribution in [3.8, 4) is 11.3 Å². The number of carboxylic acid groups (broad SMARTS) is 1. The van der Waals surface area contributed by atoms with E-state index < -0.39 is 5.97 Å². The number of aromatic carboxylic acids is 1. The van der Waals surface area contributed by atoms with Gasteiger partial charge in [-0.25, -0.2) is 14.2 Å². The summed E-state index contributed by atoms with van der Waals surface area (Å²) in [4.78, 5) is 33.9. The Morgan fingerprint density at radius 3 is 2.61 bits per heavy atom. The van der Waals surface area contributed by atoms with Crippen molar-refractivity contribution in [1.29, 1.82) is 0 Å². The number of hydrogen-bond donors (Lipinski definition) is 1. The SMILES string of the molecule is Cc1c(C=Cc2cccnc2)nc2sc(C(=O)O)c(-c3ccccc3)n2c1=O. The summed E-state index contributed by atoms with van der Waals surface area (Å²) in [6.07, 6.45) is 6.96. The molecule has 0 saturated heterocycles. The summed E-state index contributed by atoms with van der Waals surface area (Å²) in [6, 6.07) is 12.7. The van der Waals surface area contributed by atoms with E-state index in [-0.39, 0.29) is 10.4 Å². The quantitative estimate of drug-likeness (QED) is 0.570. The maximum Gasteiger partial charge on any atom is 0.348 e. The van der Waals surface area contributed by atoms with Gasteiger partial charge in [0.1, 0.15) is 4.88 Å². The monoisotopic (exact) mass is 389 g/mol. The van der Waals surface area contributed by atoms with Gasteiger partial charge in [-0.1, -0.05) is 53.8 Å². The molecule has 28 heavy (non-hydrogen) atoms. The molecular formula is C21H15N3O3S. The zero-order valence-electron chi connectivity index (χ0n) is 14.9. The molecular weight excluding hydrogens is 374 g/mol. The molecule has 0 fully saturated rings. The second-order valence-electron chi connectivity index (χ2n) is 6.12. The minimum Gasteiger partial charge on any atom is -0.477 e. The first-order valence-corrected chi connectivity index (χ1v) is 9.31. The molecule has 0 spiro atoms. The lowest BCUT2D eigenvalue weighted by Gasteiger charge is -2.05. The minimum atomic E-state index is -1.08. The van der Waals surface area contributed by atoms with Gasteiger partial charge in [0, 0.05) is 23.5 Å². The van der Waals surface area contributed by atoms with Gasteiger partial charge < -0.3 is 5.11 Å². The summed E-state index contributed by atoms with van der Waals surface area (Å²) in [7, 11) is 0. The van der Waals surface area contributed by atoms with Crippen LogP contribution in [0.1, 0.15) is 26.5 Å². The van der Waals surface area contributed by atoms with Crippen molar-refractivity contribution in [2.24, 2.45) is 0 Å². The van der Waals surface area contributed by atoms with E-state index in [1.54, 1.807) is 49.7 Å². The molecule has 0 aliphatic heterocycles. The topological polar surface area (TPSA) is 84.6 Å². The van der Waals surface area contributed by atoms with Gasteiger partial charge >= 0.3 is 5.97 Å². The number of fused-ring (bicyclic) bond motifs is 1. The zero-order chi connectivity index (χ0) is 19.7. The van der Waals surface area contributed by atoms with E-state index in [0.717, 1.165) is 16.9 Å². The largest absolute Gasteiger partial charge is 0.477 e. The van der Waals surface area contributed by atoms with Crippen molar-refractivity contribution in [1.82, 2.24) is 14.4 Å². The molecule has 3 heterocycles. The third-order valence-electron chi connectivity index (χ3n) is 4.31. The molecule has 1 aromatic carbocycles. The molecule has 0 bridgehead atoms. The molecule has 4 rings (SSSR count). The molecule has 0 radical (unpaired) electrons. The molecule has 4 aromatic rings. The van der Waals surface area contributed by atoms with Gasteiger partial charge in [-0.15, -0.1) is 0 Å². The minimum absolute atomic E-state index is 0.0867. The predicted octanol–water partition coefficient (Wildman–Crippen LogP) is 4.00. The average molecular weight is 389 g/mol. The molecule has 0 unspecified atom stereocenters. The van der Waals surface area contributed by atoms with Crippen LogP contribution >= 0.6 is 11.3 Å². The second-order valence-corrected chi connectivity index (χ2v) is 7.09. The van der Waals surface area contributed by atoms with Crippen LogP contribution in [-0.4, -0.2) is 25.4 Å². The van der Waals surface area contributed by atoms with E-state index in [0.29, 0.717) is 27.5 Å². The first-order chi connectivity index (χ1) is 13.6. The number of pyridine rings is 1. The van der Waals surface area contributed by atoms with E-state index >= 15 is 0 Å². The van der Waals surface area contributed by atoms with Crippen LogP contribution in [0.5, 0.6) is 0 Å².